The fraction of sp³-hybridized carbons (Fsp3) is 0.417. The quantitative estimate of drug-likeness (QED) is 0.835. The number of benzene rings is 1. The minimum atomic E-state index is -3.82. The first-order valence-corrected chi connectivity index (χ1v) is 7.45. The fourth-order valence-electron chi connectivity index (χ4n) is 1.99. The van der Waals surface area contributed by atoms with Crippen LogP contribution >= 0.6 is 0 Å². The highest BCUT2D eigenvalue weighted by atomic mass is 32.2. The summed E-state index contributed by atoms with van der Waals surface area (Å²) in [5.74, 6) is -0.201. The number of sulfonamides is 1. The van der Waals surface area contributed by atoms with Crippen molar-refractivity contribution < 1.29 is 17.9 Å². The molecule has 1 aliphatic heterocycles. The molecule has 1 heterocycles. The van der Waals surface area contributed by atoms with Crippen molar-refractivity contribution in [2.75, 3.05) is 26.3 Å². The lowest BCUT2D eigenvalue weighted by atomic mass is 10.1. The van der Waals surface area contributed by atoms with Gasteiger partial charge in [0.1, 0.15) is 0 Å². The predicted octanol–water partition coefficient (Wildman–Crippen LogP) is 0.115. The molecule has 1 aromatic rings. The second-order valence-corrected chi connectivity index (χ2v) is 5.96. The van der Waals surface area contributed by atoms with E-state index in [-0.39, 0.29) is 10.8 Å². The molecule has 7 heteroatoms. The molecule has 19 heavy (non-hydrogen) atoms. The number of hydrogen-bond donors (Lipinski definition) is 1. The van der Waals surface area contributed by atoms with Crippen molar-refractivity contribution in [2.45, 2.75) is 11.8 Å². The Labute approximate surface area is 112 Å². The largest absolute Gasteiger partial charge is 0.378 e. The van der Waals surface area contributed by atoms with Gasteiger partial charge in [0, 0.05) is 18.7 Å². The maximum Gasteiger partial charge on any atom is 0.254 e. The molecule has 2 rings (SSSR count). The topological polar surface area (TPSA) is 89.7 Å². The van der Waals surface area contributed by atoms with Crippen LogP contribution in [0.25, 0.3) is 0 Å². The van der Waals surface area contributed by atoms with Crippen molar-refractivity contribution in [3.63, 3.8) is 0 Å². The van der Waals surface area contributed by atoms with Crippen LogP contribution in [0.4, 0.5) is 0 Å². The third-order valence-electron chi connectivity index (χ3n) is 3.04. The van der Waals surface area contributed by atoms with E-state index in [2.05, 4.69) is 0 Å². The van der Waals surface area contributed by atoms with Crippen LogP contribution < -0.4 is 5.14 Å². The number of ether oxygens (including phenoxy) is 1. The van der Waals surface area contributed by atoms with Gasteiger partial charge >= 0.3 is 0 Å². The predicted molar refractivity (Wildman–Crippen MR) is 69.3 cm³/mol. The van der Waals surface area contributed by atoms with Crippen LogP contribution in [0.15, 0.2) is 23.1 Å². The summed E-state index contributed by atoms with van der Waals surface area (Å²) in [5.41, 5.74) is 0.859. The number of hydrogen-bond acceptors (Lipinski definition) is 4. The van der Waals surface area contributed by atoms with Gasteiger partial charge in [0.25, 0.3) is 5.91 Å². The molecule has 0 unspecified atom stereocenters. The SMILES string of the molecule is Cc1ccc(C(=O)N2CCOCC2)cc1S(N)(=O)=O. The van der Waals surface area contributed by atoms with E-state index >= 15 is 0 Å². The molecular weight excluding hydrogens is 268 g/mol. The number of nitrogens with zero attached hydrogens (tertiary/aromatic N) is 1. The van der Waals surface area contributed by atoms with Crippen LogP contribution in [0.5, 0.6) is 0 Å². The molecule has 1 aromatic carbocycles. The number of aryl methyl sites for hydroxylation is 1. The number of carbonyl (C=O) groups is 1. The van der Waals surface area contributed by atoms with Gasteiger partial charge in [-0.05, 0) is 24.6 Å². The molecule has 0 atom stereocenters. The highest BCUT2D eigenvalue weighted by molar-refractivity contribution is 7.89. The van der Waals surface area contributed by atoms with Gasteiger partial charge in [-0.15, -0.1) is 0 Å². The molecule has 0 radical (unpaired) electrons. The number of primary sulfonamides is 1. The van der Waals surface area contributed by atoms with E-state index < -0.39 is 10.0 Å². The van der Waals surface area contributed by atoms with Crippen LogP contribution in [0.3, 0.4) is 0 Å². The molecule has 1 amide bonds. The molecule has 1 fully saturated rings. The summed E-state index contributed by atoms with van der Waals surface area (Å²) in [6, 6.07) is 4.54. The smallest absolute Gasteiger partial charge is 0.254 e. The summed E-state index contributed by atoms with van der Waals surface area (Å²) >= 11 is 0. The van der Waals surface area contributed by atoms with E-state index in [1.165, 1.54) is 6.07 Å². The summed E-state index contributed by atoms with van der Waals surface area (Å²) in [4.78, 5) is 13.9. The summed E-state index contributed by atoms with van der Waals surface area (Å²) in [5, 5.41) is 5.13. The van der Waals surface area contributed by atoms with Crippen molar-refractivity contribution in [1.82, 2.24) is 4.90 Å². The van der Waals surface area contributed by atoms with E-state index in [1.807, 2.05) is 0 Å². The number of morpholine rings is 1. The third kappa shape index (κ3) is 3.12. The molecule has 0 spiro atoms. The number of nitrogens with two attached hydrogens (primary N) is 1. The van der Waals surface area contributed by atoms with Gasteiger partial charge in [0.2, 0.25) is 10.0 Å². The second kappa shape index (κ2) is 5.28. The van der Waals surface area contributed by atoms with E-state index in [0.29, 0.717) is 37.4 Å². The van der Waals surface area contributed by atoms with Gasteiger partial charge in [0.15, 0.2) is 0 Å². The van der Waals surface area contributed by atoms with Crippen molar-refractivity contribution in [2.24, 2.45) is 5.14 Å². The summed E-state index contributed by atoms with van der Waals surface area (Å²) in [6.07, 6.45) is 0. The lowest BCUT2D eigenvalue weighted by Gasteiger charge is -2.27. The Morgan fingerprint density at radius 2 is 1.95 bits per heavy atom. The third-order valence-corrected chi connectivity index (χ3v) is 4.09. The zero-order valence-electron chi connectivity index (χ0n) is 10.6. The Bertz CT molecular complexity index is 592. The lowest BCUT2D eigenvalue weighted by Crippen LogP contribution is -2.40. The molecule has 0 aromatic heterocycles. The average Bonchev–Trinajstić information content (AvgIpc) is 2.38. The zero-order chi connectivity index (χ0) is 14.0. The molecule has 0 saturated carbocycles. The Morgan fingerprint density at radius 3 is 2.53 bits per heavy atom. The number of rotatable bonds is 2. The number of amides is 1. The van der Waals surface area contributed by atoms with Gasteiger partial charge in [0.05, 0.1) is 18.1 Å². The summed E-state index contributed by atoms with van der Waals surface area (Å²) in [7, 11) is -3.82. The Kier molecular flexibility index (Phi) is 3.88. The molecular formula is C12H16N2O4S. The van der Waals surface area contributed by atoms with Gasteiger partial charge < -0.3 is 9.64 Å². The van der Waals surface area contributed by atoms with Crippen molar-refractivity contribution in [3.05, 3.63) is 29.3 Å². The maximum atomic E-state index is 12.2. The van der Waals surface area contributed by atoms with Gasteiger partial charge in [-0.25, -0.2) is 13.6 Å². The van der Waals surface area contributed by atoms with Crippen molar-refractivity contribution in [3.8, 4) is 0 Å². The van der Waals surface area contributed by atoms with Crippen LogP contribution in [0, 0.1) is 6.92 Å². The van der Waals surface area contributed by atoms with Gasteiger partial charge in [-0.3, -0.25) is 4.79 Å². The second-order valence-electron chi connectivity index (χ2n) is 4.43. The maximum absolute atomic E-state index is 12.2. The van der Waals surface area contributed by atoms with Crippen molar-refractivity contribution in [1.29, 1.82) is 0 Å². The minimum Gasteiger partial charge on any atom is -0.378 e. The first kappa shape index (κ1) is 14.0. The molecule has 0 bridgehead atoms. The molecule has 104 valence electrons. The molecule has 1 aliphatic rings. The Hall–Kier alpha value is -1.44. The first-order valence-electron chi connectivity index (χ1n) is 5.90. The number of carbonyl (C=O) groups excluding carboxylic acids is 1. The Balaban J connectivity index is 2.33. The van der Waals surface area contributed by atoms with Crippen LogP contribution in [-0.2, 0) is 14.8 Å². The van der Waals surface area contributed by atoms with E-state index in [0.717, 1.165) is 0 Å². The van der Waals surface area contributed by atoms with E-state index in [4.69, 9.17) is 9.88 Å². The van der Waals surface area contributed by atoms with E-state index in [1.54, 1.807) is 24.0 Å². The van der Waals surface area contributed by atoms with Gasteiger partial charge in [-0.1, -0.05) is 6.07 Å². The van der Waals surface area contributed by atoms with E-state index in [9.17, 15) is 13.2 Å². The first-order chi connectivity index (χ1) is 8.89. The zero-order valence-corrected chi connectivity index (χ0v) is 11.4. The standard InChI is InChI=1S/C12H16N2O4S/c1-9-2-3-10(8-11(9)19(13,16)17)12(15)14-4-6-18-7-5-14/h2-3,8H,4-7H2,1H3,(H2,13,16,17). The minimum absolute atomic E-state index is 0.00777. The molecule has 6 nitrogen and oxygen atoms in total. The van der Waals surface area contributed by atoms with Gasteiger partial charge in [-0.2, -0.15) is 0 Å². The fourth-order valence-corrected chi connectivity index (χ4v) is 2.80. The lowest BCUT2D eigenvalue weighted by molar-refractivity contribution is 0.0302. The Morgan fingerprint density at radius 1 is 1.32 bits per heavy atom. The average molecular weight is 284 g/mol. The monoisotopic (exact) mass is 284 g/mol. The van der Waals surface area contributed by atoms with Crippen molar-refractivity contribution >= 4 is 15.9 Å². The van der Waals surface area contributed by atoms with Crippen LogP contribution in [0.1, 0.15) is 15.9 Å². The van der Waals surface area contributed by atoms with Crippen LogP contribution in [0.2, 0.25) is 0 Å². The normalized spacial score (nSPS) is 16.4. The summed E-state index contributed by atoms with van der Waals surface area (Å²) in [6.45, 7) is 3.66. The summed E-state index contributed by atoms with van der Waals surface area (Å²) < 4.78 is 28.0. The molecule has 2 N–H and O–H groups in total. The van der Waals surface area contributed by atoms with Crippen LogP contribution in [-0.4, -0.2) is 45.5 Å². The molecule has 1 saturated heterocycles. The highest BCUT2D eigenvalue weighted by Gasteiger charge is 2.21. The molecule has 0 aliphatic carbocycles. The highest BCUT2D eigenvalue weighted by Crippen LogP contribution is 2.17.